The standard InChI is InChI=1S/C22H27N3O3/c26-22(25-10-4-1-5-11-25)18-8-9-23-21(16-18)28-20-7-3-2-6-19(20)17-24-12-14-27-15-13-24/h2-3,6-9,16H,1,4-5,10-15,17H2. The molecule has 2 aliphatic heterocycles. The smallest absolute Gasteiger partial charge is 0.254 e. The summed E-state index contributed by atoms with van der Waals surface area (Å²) < 4.78 is 11.5. The van der Waals surface area contributed by atoms with Gasteiger partial charge in [-0.2, -0.15) is 0 Å². The van der Waals surface area contributed by atoms with Crippen LogP contribution < -0.4 is 4.74 Å². The average molecular weight is 381 g/mol. The van der Waals surface area contributed by atoms with Gasteiger partial charge in [0.05, 0.1) is 13.2 Å². The highest BCUT2D eigenvalue weighted by Gasteiger charge is 2.19. The van der Waals surface area contributed by atoms with Crippen LogP contribution in [-0.4, -0.2) is 60.1 Å². The largest absolute Gasteiger partial charge is 0.439 e. The topological polar surface area (TPSA) is 54.9 Å². The summed E-state index contributed by atoms with van der Waals surface area (Å²) in [6.45, 7) is 5.86. The second-order valence-electron chi connectivity index (χ2n) is 7.33. The molecule has 2 aliphatic rings. The summed E-state index contributed by atoms with van der Waals surface area (Å²) >= 11 is 0. The molecule has 0 N–H and O–H groups in total. The van der Waals surface area contributed by atoms with Gasteiger partial charge >= 0.3 is 0 Å². The molecule has 0 spiro atoms. The fraction of sp³-hybridized carbons (Fsp3) is 0.455. The first-order chi connectivity index (χ1) is 13.8. The molecular formula is C22H27N3O3. The fourth-order valence-corrected chi connectivity index (χ4v) is 3.72. The number of para-hydroxylation sites is 1. The van der Waals surface area contributed by atoms with Gasteiger partial charge in [-0.1, -0.05) is 18.2 Å². The van der Waals surface area contributed by atoms with Gasteiger partial charge in [-0.25, -0.2) is 4.98 Å². The second-order valence-corrected chi connectivity index (χ2v) is 7.33. The first-order valence-electron chi connectivity index (χ1n) is 10.1. The number of hydrogen-bond acceptors (Lipinski definition) is 5. The van der Waals surface area contributed by atoms with Crippen molar-refractivity contribution in [3.05, 3.63) is 53.7 Å². The summed E-state index contributed by atoms with van der Waals surface area (Å²) in [5.74, 6) is 1.30. The van der Waals surface area contributed by atoms with Crippen molar-refractivity contribution in [2.24, 2.45) is 0 Å². The van der Waals surface area contributed by atoms with Crippen LogP contribution in [0.5, 0.6) is 11.6 Å². The number of piperidine rings is 1. The van der Waals surface area contributed by atoms with E-state index in [0.29, 0.717) is 11.4 Å². The number of aromatic nitrogens is 1. The summed E-state index contributed by atoms with van der Waals surface area (Å²) in [5.41, 5.74) is 1.75. The SMILES string of the molecule is O=C(c1ccnc(Oc2ccccc2CN2CCOCC2)c1)N1CCCCC1. The van der Waals surface area contributed by atoms with Gasteiger partial charge in [0.15, 0.2) is 0 Å². The molecule has 2 fully saturated rings. The van der Waals surface area contributed by atoms with Crippen molar-refractivity contribution < 1.29 is 14.3 Å². The molecule has 4 rings (SSSR count). The number of nitrogens with zero attached hydrogens (tertiary/aromatic N) is 3. The number of carbonyl (C=O) groups excluding carboxylic acids is 1. The van der Waals surface area contributed by atoms with Gasteiger partial charge in [0.25, 0.3) is 5.91 Å². The Morgan fingerprint density at radius 2 is 1.82 bits per heavy atom. The Labute approximate surface area is 166 Å². The first-order valence-corrected chi connectivity index (χ1v) is 10.1. The van der Waals surface area contributed by atoms with Crippen molar-refractivity contribution in [1.82, 2.24) is 14.8 Å². The highest BCUT2D eigenvalue weighted by atomic mass is 16.5. The van der Waals surface area contributed by atoms with E-state index in [2.05, 4.69) is 16.0 Å². The molecule has 0 aliphatic carbocycles. The normalized spacial score (nSPS) is 18.1. The second kappa shape index (κ2) is 9.17. The lowest BCUT2D eigenvalue weighted by Gasteiger charge is -2.27. The molecular weight excluding hydrogens is 354 g/mol. The first kappa shape index (κ1) is 18.9. The van der Waals surface area contributed by atoms with E-state index in [-0.39, 0.29) is 5.91 Å². The Morgan fingerprint density at radius 3 is 2.64 bits per heavy atom. The zero-order valence-corrected chi connectivity index (χ0v) is 16.2. The van der Waals surface area contributed by atoms with Crippen LogP contribution in [0.4, 0.5) is 0 Å². The monoisotopic (exact) mass is 381 g/mol. The summed E-state index contributed by atoms with van der Waals surface area (Å²) in [6.07, 6.45) is 5.01. The molecule has 2 saturated heterocycles. The van der Waals surface area contributed by atoms with Crippen molar-refractivity contribution >= 4 is 5.91 Å². The summed E-state index contributed by atoms with van der Waals surface area (Å²) in [5, 5.41) is 0. The van der Waals surface area contributed by atoms with E-state index in [1.165, 1.54) is 6.42 Å². The van der Waals surface area contributed by atoms with Crippen LogP contribution in [0.2, 0.25) is 0 Å². The Bertz CT molecular complexity index is 799. The lowest BCUT2D eigenvalue weighted by atomic mass is 10.1. The van der Waals surface area contributed by atoms with Crippen LogP contribution in [0.25, 0.3) is 0 Å². The number of benzene rings is 1. The quantitative estimate of drug-likeness (QED) is 0.795. The third-order valence-corrected chi connectivity index (χ3v) is 5.31. The zero-order valence-electron chi connectivity index (χ0n) is 16.2. The maximum absolute atomic E-state index is 12.8. The molecule has 0 atom stereocenters. The van der Waals surface area contributed by atoms with Crippen molar-refractivity contribution in [2.75, 3.05) is 39.4 Å². The third kappa shape index (κ3) is 4.69. The number of rotatable bonds is 5. The maximum atomic E-state index is 12.8. The highest BCUT2D eigenvalue weighted by Crippen LogP contribution is 2.26. The molecule has 2 aromatic rings. The Balaban J connectivity index is 1.47. The number of likely N-dealkylation sites (tertiary alicyclic amines) is 1. The Hall–Kier alpha value is -2.44. The molecule has 1 aromatic carbocycles. The minimum Gasteiger partial charge on any atom is -0.439 e. The minimum absolute atomic E-state index is 0.0635. The highest BCUT2D eigenvalue weighted by molar-refractivity contribution is 5.94. The van der Waals surface area contributed by atoms with E-state index in [1.54, 1.807) is 18.3 Å². The van der Waals surface area contributed by atoms with Crippen LogP contribution in [0.3, 0.4) is 0 Å². The van der Waals surface area contributed by atoms with E-state index < -0.39 is 0 Å². The lowest BCUT2D eigenvalue weighted by molar-refractivity contribution is 0.0339. The van der Waals surface area contributed by atoms with Crippen LogP contribution in [-0.2, 0) is 11.3 Å². The van der Waals surface area contributed by atoms with Crippen molar-refractivity contribution in [3.8, 4) is 11.6 Å². The predicted octanol–water partition coefficient (Wildman–Crippen LogP) is 3.33. The van der Waals surface area contributed by atoms with Crippen molar-refractivity contribution in [1.29, 1.82) is 0 Å². The number of hydrogen-bond donors (Lipinski definition) is 0. The number of carbonyl (C=O) groups is 1. The third-order valence-electron chi connectivity index (χ3n) is 5.31. The number of amides is 1. The van der Waals surface area contributed by atoms with E-state index in [4.69, 9.17) is 9.47 Å². The maximum Gasteiger partial charge on any atom is 0.254 e. The summed E-state index contributed by atoms with van der Waals surface area (Å²) in [7, 11) is 0. The Morgan fingerprint density at radius 1 is 1.04 bits per heavy atom. The van der Waals surface area contributed by atoms with Crippen LogP contribution in [0, 0.1) is 0 Å². The van der Waals surface area contributed by atoms with Gasteiger partial charge in [-0.3, -0.25) is 9.69 Å². The molecule has 0 unspecified atom stereocenters. The molecule has 3 heterocycles. The molecule has 148 valence electrons. The van der Waals surface area contributed by atoms with E-state index >= 15 is 0 Å². The van der Waals surface area contributed by atoms with Gasteiger partial charge < -0.3 is 14.4 Å². The number of pyridine rings is 1. The molecule has 0 radical (unpaired) electrons. The predicted molar refractivity (Wildman–Crippen MR) is 107 cm³/mol. The number of morpholine rings is 1. The average Bonchev–Trinajstić information content (AvgIpc) is 2.76. The van der Waals surface area contributed by atoms with Gasteiger partial charge in [0, 0.05) is 56.1 Å². The Kier molecular flexibility index (Phi) is 6.19. The molecule has 28 heavy (non-hydrogen) atoms. The number of ether oxygens (including phenoxy) is 2. The fourth-order valence-electron chi connectivity index (χ4n) is 3.72. The van der Waals surface area contributed by atoms with Gasteiger partial charge in [0.1, 0.15) is 5.75 Å². The van der Waals surface area contributed by atoms with Gasteiger partial charge in [-0.15, -0.1) is 0 Å². The van der Waals surface area contributed by atoms with Crippen molar-refractivity contribution in [3.63, 3.8) is 0 Å². The van der Waals surface area contributed by atoms with E-state index in [9.17, 15) is 4.79 Å². The summed E-state index contributed by atoms with van der Waals surface area (Å²) in [6, 6.07) is 11.5. The van der Waals surface area contributed by atoms with Crippen molar-refractivity contribution in [2.45, 2.75) is 25.8 Å². The molecule has 0 bridgehead atoms. The zero-order chi connectivity index (χ0) is 19.2. The minimum atomic E-state index is 0.0635. The van der Waals surface area contributed by atoms with E-state index in [1.807, 2.05) is 23.1 Å². The van der Waals surface area contributed by atoms with Crippen LogP contribution in [0.1, 0.15) is 35.2 Å². The van der Waals surface area contributed by atoms with Gasteiger partial charge in [0.2, 0.25) is 5.88 Å². The molecule has 6 nitrogen and oxygen atoms in total. The lowest BCUT2D eigenvalue weighted by Crippen LogP contribution is -2.35. The van der Waals surface area contributed by atoms with Crippen LogP contribution >= 0.6 is 0 Å². The van der Waals surface area contributed by atoms with Crippen LogP contribution in [0.15, 0.2) is 42.6 Å². The summed E-state index contributed by atoms with van der Waals surface area (Å²) in [4.78, 5) is 21.4. The van der Waals surface area contributed by atoms with Gasteiger partial charge in [-0.05, 0) is 31.4 Å². The molecule has 1 amide bonds. The molecule has 1 aromatic heterocycles. The molecule has 0 saturated carbocycles. The molecule has 6 heteroatoms. The van der Waals surface area contributed by atoms with E-state index in [0.717, 1.165) is 70.1 Å².